The first-order valence-corrected chi connectivity index (χ1v) is 12.8. The summed E-state index contributed by atoms with van der Waals surface area (Å²) < 4.78 is 32.0. The predicted octanol–water partition coefficient (Wildman–Crippen LogP) is 5.28. The molecule has 9 heteroatoms. The van der Waals surface area contributed by atoms with Gasteiger partial charge in [-0.3, -0.25) is 4.79 Å². The first-order valence-electron chi connectivity index (χ1n) is 10.5. The van der Waals surface area contributed by atoms with Crippen molar-refractivity contribution in [1.29, 1.82) is 0 Å². The molecule has 3 aromatic carbocycles. The zero-order valence-electron chi connectivity index (χ0n) is 18.4. The molecule has 0 bridgehead atoms. The van der Waals surface area contributed by atoms with Gasteiger partial charge in [0.25, 0.3) is 5.22 Å². The summed E-state index contributed by atoms with van der Waals surface area (Å²) in [5, 5.41) is 0.542. The lowest BCUT2D eigenvalue weighted by molar-refractivity contribution is 0.0990. The number of hydrogen-bond acceptors (Lipinski definition) is 6. The number of para-hydroxylation sites is 1. The highest BCUT2D eigenvalue weighted by Gasteiger charge is 2.28. The van der Waals surface area contributed by atoms with Crippen LogP contribution in [-0.4, -0.2) is 42.6 Å². The Bertz CT molecular complexity index is 1610. The highest BCUT2D eigenvalue weighted by Crippen LogP contribution is 2.40. The van der Waals surface area contributed by atoms with E-state index in [2.05, 4.69) is 9.97 Å². The molecule has 5 rings (SSSR count). The van der Waals surface area contributed by atoms with Crippen LogP contribution in [0.5, 0.6) is 0 Å². The number of aromatic nitrogens is 2. The number of hydrogen-bond donors (Lipinski definition) is 1. The predicted molar refractivity (Wildman–Crippen MR) is 133 cm³/mol. The van der Waals surface area contributed by atoms with Gasteiger partial charge in [-0.1, -0.05) is 60.3 Å². The van der Waals surface area contributed by atoms with Crippen LogP contribution in [0.4, 0.5) is 0 Å². The second-order valence-corrected chi connectivity index (χ2v) is 11.1. The number of aromatic amines is 1. The lowest BCUT2D eigenvalue weighted by Crippen LogP contribution is -2.22. The summed E-state index contributed by atoms with van der Waals surface area (Å²) in [6.45, 7) is 0. The second-order valence-electron chi connectivity index (χ2n) is 7.92. The minimum atomic E-state index is -3.60. The molecule has 0 aliphatic rings. The van der Waals surface area contributed by atoms with Crippen LogP contribution < -0.4 is 0 Å². The largest absolute Gasteiger partial charge is 0.431 e. The number of oxazole rings is 1. The molecule has 5 aromatic rings. The smallest absolute Gasteiger partial charge is 0.257 e. The van der Waals surface area contributed by atoms with Crippen LogP contribution >= 0.6 is 11.8 Å². The van der Waals surface area contributed by atoms with Crippen molar-refractivity contribution < 1.29 is 17.6 Å². The average molecular weight is 492 g/mol. The first-order chi connectivity index (χ1) is 16.3. The van der Waals surface area contributed by atoms with Crippen molar-refractivity contribution in [3.8, 4) is 0 Å². The van der Waals surface area contributed by atoms with Crippen molar-refractivity contribution in [3.63, 3.8) is 0 Å². The third kappa shape index (κ3) is 4.02. The van der Waals surface area contributed by atoms with Crippen LogP contribution in [0, 0.1) is 0 Å². The molecule has 1 unspecified atom stereocenters. The minimum Gasteiger partial charge on any atom is -0.431 e. The summed E-state index contributed by atoms with van der Waals surface area (Å²) >= 11 is 1.20. The number of benzene rings is 3. The topological polar surface area (TPSA) is 96.3 Å². The van der Waals surface area contributed by atoms with Crippen molar-refractivity contribution in [3.05, 3.63) is 90.1 Å². The molecule has 7 nitrogen and oxygen atoms in total. The van der Waals surface area contributed by atoms with Crippen molar-refractivity contribution in [2.45, 2.75) is 15.4 Å². The molecule has 0 saturated heterocycles. The van der Waals surface area contributed by atoms with E-state index in [0.717, 1.165) is 20.8 Å². The van der Waals surface area contributed by atoms with Crippen molar-refractivity contribution in [2.75, 3.05) is 14.1 Å². The van der Waals surface area contributed by atoms with Gasteiger partial charge in [0.15, 0.2) is 11.4 Å². The molecule has 0 spiro atoms. The molecule has 34 heavy (non-hydrogen) atoms. The van der Waals surface area contributed by atoms with Crippen molar-refractivity contribution >= 4 is 49.6 Å². The molecule has 2 heterocycles. The van der Waals surface area contributed by atoms with E-state index in [1.807, 2.05) is 54.6 Å². The molecule has 0 saturated carbocycles. The van der Waals surface area contributed by atoms with E-state index in [0.29, 0.717) is 16.7 Å². The third-order valence-electron chi connectivity index (χ3n) is 5.53. The molecule has 0 fully saturated rings. The maximum Gasteiger partial charge on any atom is 0.257 e. The summed E-state index contributed by atoms with van der Waals surface area (Å²) in [4.78, 5) is 21.5. The fourth-order valence-electron chi connectivity index (χ4n) is 3.73. The number of sulfonamides is 1. The fourth-order valence-corrected chi connectivity index (χ4v) is 5.67. The number of ketones is 1. The number of H-pyrrole nitrogens is 1. The van der Waals surface area contributed by atoms with Gasteiger partial charge in [-0.15, -0.1) is 0 Å². The Hall–Kier alpha value is -3.40. The Morgan fingerprint density at radius 1 is 1.03 bits per heavy atom. The van der Waals surface area contributed by atoms with Crippen molar-refractivity contribution in [1.82, 2.24) is 14.3 Å². The van der Waals surface area contributed by atoms with Gasteiger partial charge in [0.05, 0.1) is 4.90 Å². The van der Waals surface area contributed by atoms with Crippen LogP contribution in [0.15, 0.2) is 93.5 Å². The fraction of sp³-hybridized carbons (Fsp3) is 0.120. The van der Waals surface area contributed by atoms with Crippen LogP contribution in [0.25, 0.3) is 22.0 Å². The Morgan fingerprint density at radius 3 is 2.53 bits per heavy atom. The SMILES string of the molecule is CN(C)S(=O)(=O)c1ccc2oc(SC(C(=O)c3c[nH]c4ccccc34)c3ccccc3)nc2c1. The molecule has 1 atom stereocenters. The summed E-state index contributed by atoms with van der Waals surface area (Å²) in [5.41, 5.74) is 3.16. The Morgan fingerprint density at radius 2 is 1.76 bits per heavy atom. The van der Waals surface area contributed by atoms with E-state index in [1.165, 1.54) is 38.0 Å². The lowest BCUT2D eigenvalue weighted by atomic mass is 10.0. The third-order valence-corrected chi connectivity index (χ3v) is 8.44. The summed E-state index contributed by atoms with van der Waals surface area (Å²) in [5.74, 6) is -0.0771. The van der Waals surface area contributed by atoms with Gasteiger partial charge in [0.1, 0.15) is 10.8 Å². The monoisotopic (exact) mass is 491 g/mol. The van der Waals surface area contributed by atoms with E-state index in [9.17, 15) is 13.2 Å². The first kappa shape index (κ1) is 22.4. The van der Waals surface area contributed by atoms with Gasteiger partial charge in [0, 0.05) is 36.8 Å². The molecule has 0 aliphatic heterocycles. The van der Waals surface area contributed by atoms with E-state index >= 15 is 0 Å². The Labute approximate surface area is 200 Å². The minimum absolute atomic E-state index is 0.0771. The molecule has 1 N–H and O–H groups in total. The quantitative estimate of drug-likeness (QED) is 0.246. The summed E-state index contributed by atoms with van der Waals surface area (Å²) in [7, 11) is -0.649. The number of Topliss-reactive ketones (excluding diaryl/α,β-unsaturated/α-hetero) is 1. The molecular formula is C25H21N3O4S2. The number of thioether (sulfide) groups is 1. The number of carbonyl (C=O) groups is 1. The van der Waals surface area contributed by atoms with Gasteiger partial charge >= 0.3 is 0 Å². The molecule has 0 radical (unpaired) electrons. The second kappa shape index (κ2) is 8.75. The van der Waals surface area contributed by atoms with Crippen LogP contribution in [0.1, 0.15) is 21.2 Å². The number of nitrogens with one attached hydrogen (secondary N) is 1. The van der Waals surface area contributed by atoms with Gasteiger partial charge in [-0.05, 0) is 29.8 Å². The zero-order chi connectivity index (χ0) is 23.9. The highest BCUT2D eigenvalue weighted by molar-refractivity contribution is 8.00. The highest BCUT2D eigenvalue weighted by atomic mass is 32.2. The van der Waals surface area contributed by atoms with E-state index in [-0.39, 0.29) is 15.9 Å². The van der Waals surface area contributed by atoms with Crippen LogP contribution in [0.3, 0.4) is 0 Å². The maximum absolute atomic E-state index is 13.7. The standard InChI is InChI=1S/C25H21N3O4S2/c1-28(2)34(30,31)17-12-13-22-21(14-17)27-25(32-22)33-24(16-8-4-3-5-9-16)23(29)19-15-26-20-11-7-6-10-18(19)20/h3-15,24,26H,1-2H3. The molecule has 172 valence electrons. The number of nitrogens with zero attached hydrogens (tertiary/aromatic N) is 2. The van der Waals surface area contributed by atoms with E-state index in [1.54, 1.807) is 12.3 Å². The molecule has 0 amide bonds. The summed E-state index contributed by atoms with van der Waals surface area (Å²) in [6, 6.07) is 21.7. The van der Waals surface area contributed by atoms with Gasteiger partial charge < -0.3 is 9.40 Å². The average Bonchev–Trinajstić information content (AvgIpc) is 3.46. The number of rotatable bonds is 7. The Balaban J connectivity index is 1.54. The number of carbonyl (C=O) groups excluding carboxylic acids is 1. The molecule has 2 aromatic heterocycles. The van der Waals surface area contributed by atoms with Gasteiger partial charge in [-0.2, -0.15) is 0 Å². The number of fused-ring (bicyclic) bond motifs is 2. The summed E-state index contributed by atoms with van der Waals surface area (Å²) in [6.07, 6.45) is 1.73. The van der Waals surface area contributed by atoms with Crippen molar-refractivity contribution in [2.24, 2.45) is 0 Å². The van der Waals surface area contributed by atoms with Crippen LogP contribution in [-0.2, 0) is 10.0 Å². The van der Waals surface area contributed by atoms with E-state index in [4.69, 9.17) is 4.42 Å². The Kier molecular flexibility index (Phi) is 5.76. The molecular weight excluding hydrogens is 470 g/mol. The maximum atomic E-state index is 13.7. The zero-order valence-corrected chi connectivity index (χ0v) is 20.1. The van der Waals surface area contributed by atoms with E-state index < -0.39 is 15.3 Å². The van der Waals surface area contributed by atoms with Crippen LogP contribution in [0.2, 0.25) is 0 Å². The van der Waals surface area contributed by atoms with Gasteiger partial charge in [-0.25, -0.2) is 17.7 Å². The van der Waals surface area contributed by atoms with Gasteiger partial charge in [0.2, 0.25) is 10.0 Å². The normalized spacial score (nSPS) is 13.0. The molecule has 0 aliphatic carbocycles. The lowest BCUT2D eigenvalue weighted by Gasteiger charge is -2.13.